The maximum absolute atomic E-state index is 5.24. The first-order valence-electron chi connectivity index (χ1n) is 8.03. The Hall–Kier alpha value is -2.69. The van der Waals surface area contributed by atoms with E-state index >= 15 is 0 Å². The van der Waals surface area contributed by atoms with Gasteiger partial charge in [0, 0.05) is 13.1 Å². The molecular formula is C19H25N3O2. The highest BCUT2D eigenvalue weighted by atomic mass is 16.5. The lowest BCUT2D eigenvalue weighted by Gasteiger charge is -2.12. The van der Waals surface area contributed by atoms with Crippen molar-refractivity contribution >= 4 is 5.96 Å². The van der Waals surface area contributed by atoms with Crippen molar-refractivity contribution < 1.29 is 9.47 Å². The van der Waals surface area contributed by atoms with E-state index in [4.69, 9.17) is 9.47 Å². The van der Waals surface area contributed by atoms with Gasteiger partial charge in [0.2, 0.25) is 0 Å². The fourth-order valence-electron chi connectivity index (χ4n) is 2.21. The van der Waals surface area contributed by atoms with Gasteiger partial charge in [0.1, 0.15) is 11.5 Å². The van der Waals surface area contributed by atoms with Crippen LogP contribution in [0.3, 0.4) is 0 Å². The number of ether oxygens (including phenoxy) is 2. The van der Waals surface area contributed by atoms with Crippen molar-refractivity contribution in [3.8, 4) is 11.5 Å². The van der Waals surface area contributed by atoms with Crippen molar-refractivity contribution in [3.05, 3.63) is 59.7 Å². The lowest BCUT2D eigenvalue weighted by Crippen LogP contribution is -2.36. The van der Waals surface area contributed by atoms with Gasteiger partial charge in [-0.2, -0.15) is 0 Å². The lowest BCUT2D eigenvalue weighted by atomic mass is 10.2. The molecule has 5 nitrogen and oxygen atoms in total. The molecular weight excluding hydrogens is 302 g/mol. The van der Waals surface area contributed by atoms with Gasteiger partial charge in [-0.05, 0) is 42.3 Å². The SMILES string of the molecule is CCNC(=NCc1cccc(OC)c1)NCc1ccc(OC)cc1. The third kappa shape index (κ3) is 5.50. The molecule has 0 aliphatic rings. The Morgan fingerprint density at radius 1 is 0.917 bits per heavy atom. The van der Waals surface area contributed by atoms with Gasteiger partial charge in [0.05, 0.1) is 20.8 Å². The zero-order valence-corrected chi connectivity index (χ0v) is 14.5. The zero-order chi connectivity index (χ0) is 17.2. The maximum atomic E-state index is 5.24. The van der Waals surface area contributed by atoms with E-state index in [0.717, 1.165) is 29.6 Å². The Morgan fingerprint density at radius 3 is 2.33 bits per heavy atom. The average Bonchev–Trinajstić information content (AvgIpc) is 2.64. The Labute approximate surface area is 143 Å². The van der Waals surface area contributed by atoms with Crippen LogP contribution in [-0.4, -0.2) is 26.7 Å². The lowest BCUT2D eigenvalue weighted by molar-refractivity contribution is 0.414. The zero-order valence-electron chi connectivity index (χ0n) is 14.5. The van der Waals surface area contributed by atoms with Gasteiger partial charge in [-0.3, -0.25) is 0 Å². The van der Waals surface area contributed by atoms with E-state index in [2.05, 4.69) is 22.5 Å². The number of nitrogens with one attached hydrogen (secondary N) is 2. The highest BCUT2D eigenvalue weighted by molar-refractivity contribution is 5.79. The van der Waals surface area contributed by atoms with E-state index in [1.165, 1.54) is 5.56 Å². The van der Waals surface area contributed by atoms with Crippen molar-refractivity contribution in [2.24, 2.45) is 4.99 Å². The summed E-state index contributed by atoms with van der Waals surface area (Å²) in [5, 5.41) is 6.60. The number of hydrogen-bond donors (Lipinski definition) is 2. The smallest absolute Gasteiger partial charge is 0.191 e. The maximum Gasteiger partial charge on any atom is 0.191 e. The van der Waals surface area contributed by atoms with Crippen LogP contribution >= 0.6 is 0 Å². The topological polar surface area (TPSA) is 54.9 Å². The molecule has 0 spiro atoms. The van der Waals surface area contributed by atoms with Crippen molar-refractivity contribution in [3.63, 3.8) is 0 Å². The summed E-state index contributed by atoms with van der Waals surface area (Å²) in [5.41, 5.74) is 2.28. The van der Waals surface area contributed by atoms with E-state index in [0.29, 0.717) is 13.1 Å². The van der Waals surface area contributed by atoms with Gasteiger partial charge in [0.15, 0.2) is 5.96 Å². The van der Waals surface area contributed by atoms with Gasteiger partial charge in [-0.15, -0.1) is 0 Å². The molecule has 2 rings (SSSR count). The summed E-state index contributed by atoms with van der Waals surface area (Å²) in [5.74, 6) is 2.49. The summed E-state index contributed by atoms with van der Waals surface area (Å²) in [6, 6.07) is 15.9. The number of benzene rings is 2. The third-order valence-electron chi connectivity index (χ3n) is 3.52. The van der Waals surface area contributed by atoms with Crippen LogP contribution in [0.25, 0.3) is 0 Å². The van der Waals surface area contributed by atoms with Crippen LogP contribution < -0.4 is 20.1 Å². The molecule has 128 valence electrons. The summed E-state index contributed by atoms with van der Waals surface area (Å²) in [6.45, 7) is 4.16. The van der Waals surface area contributed by atoms with Crippen LogP contribution in [0, 0.1) is 0 Å². The number of hydrogen-bond acceptors (Lipinski definition) is 3. The largest absolute Gasteiger partial charge is 0.497 e. The van der Waals surface area contributed by atoms with Crippen LogP contribution in [0.4, 0.5) is 0 Å². The van der Waals surface area contributed by atoms with Gasteiger partial charge >= 0.3 is 0 Å². The molecule has 2 aromatic carbocycles. The highest BCUT2D eigenvalue weighted by Gasteiger charge is 2.00. The van der Waals surface area contributed by atoms with Crippen LogP contribution in [-0.2, 0) is 13.1 Å². The fraction of sp³-hybridized carbons (Fsp3) is 0.316. The molecule has 2 aromatic rings. The molecule has 24 heavy (non-hydrogen) atoms. The molecule has 0 aliphatic heterocycles. The molecule has 0 fully saturated rings. The monoisotopic (exact) mass is 327 g/mol. The van der Waals surface area contributed by atoms with E-state index in [-0.39, 0.29) is 0 Å². The Balaban J connectivity index is 1.96. The molecule has 0 saturated heterocycles. The molecule has 0 bridgehead atoms. The van der Waals surface area contributed by atoms with E-state index in [9.17, 15) is 0 Å². The normalized spacial score (nSPS) is 11.0. The Morgan fingerprint density at radius 2 is 1.67 bits per heavy atom. The van der Waals surface area contributed by atoms with Crippen LogP contribution in [0.1, 0.15) is 18.1 Å². The van der Waals surface area contributed by atoms with Crippen LogP contribution in [0.15, 0.2) is 53.5 Å². The quantitative estimate of drug-likeness (QED) is 0.606. The van der Waals surface area contributed by atoms with Gasteiger partial charge in [-0.1, -0.05) is 24.3 Å². The molecule has 0 saturated carbocycles. The predicted octanol–water partition coefficient (Wildman–Crippen LogP) is 2.96. The molecule has 0 amide bonds. The molecule has 0 atom stereocenters. The number of aliphatic imine (C=N–C) groups is 1. The van der Waals surface area contributed by atoms with Gasteiger partial charge in [-0.25, -0.2) is 4.99 Å². The molecule has 0 radical (unpaired) electrons. The van der Waals surface area contributed by atoms with E-state index < -0.39 is 0 Å². The minimum atomic E-state index is 0.592. The Kier molecular flexibility index (Phi) is 6.95. The summed E-state index contributed by atoms with van der Waals surface area (Å²) >= 11 is 0. The van der Waals surface area contributed by atoms with Gasteiger partial charge in [0.25, 0.3) is 0 Å². The summed E-state index contributed by atoms with van der Waals surface area (Å²) in [6.07, 6.45) is 0. The summed E-state index contributed by atoms with van der Waals surface area (Å²) in [7, 11) is 3.34. The molecule has 0 aliphatic carbocycles. The second kappa shape index (κ2) is 9.45. The van der Waals surface area contributed by atoms with Crippen LogP contribution in [0.5, 0.6) is 11.5 Å². The summed E-state index contributed by atoms with van der Waals surface area (Å²) in [4.78, 5) is 4.62. The second-order valence-electron chi connectivity index (χ2n) is 5.25. The molecule has 0 unspecified atom stereocenters. The first-order valence-corrected chi connectivity index (χ1v) is 8.03. The number of rotatable bonds is 7. The molecule has 2 N–H and O–H groups in total. The minimum absolute atomic E-state index is 0.592. The van der Waals surface area contributed by atoms with E-state index in [1.54, 1.807) is 14.2 Å². The van der Waals surface area contributed by atoms with Crippen molar-refractivity contribution in [1.29, 1.82) is 0 Å². The number of guanidine groups is 1. The average molecular weight is 327 g/mol. The van der Waals surface area contributed by atoms with Gasteiger partial charge < -0.3 is 20.1 Å². The first kappa shape index (κ1) is 17.7. The van der Waals surface area contributed by atoms with E-state index in [1.807, 2.05) is 48.5 Å². The van der Waals surface area contributed by atoms with Crippen molar-refractivity contribution in [2.75, 3.05) is 20.8 Å². The predicted molar refractivity (Wildman–Crippen MR) is 97.6 cm³/mol. The third-order valence-corrected chi connectivity index (χ3v) is 3.52. The first-order chi connectivity index (χ1) is 11.7. The number of nitrogens with zero attached hydrogens (tertiary/aromatic N) is 1. The molecule has 5 heteroatoms. The standard InChI is InChI=1S/C19H25N3O2/c1-4-20-19(21-13-15-8-10-17(23-2)11-9-15)22-14-16-6-5-7-18(12-16)24-3/h5-12H,4,13-14H2,1-3H3,(H2,20,21,22). The number of methoxy groups -OCH3 is 2. The van der Waals surface area contributed by atoms with Crippen molar-refractivity contribution in [1.82, 2.24) is 10.6 Å². The summed E-state index contributed by atoms with van der Waals surface area (Å²) < 4.78 is 10.4. The van der Waals surface area contributed by atoms with Crippen LogP contribution in [0.2, 0.25) is 0 Å². The van der Waals surface area contributed by atoms with Crippen molar-refractivity contribution in [2.45, 2.75) is 20.0 Å². The minimum Gasteiger partial charge on any atom is -0.497 e. The molecule has 0 aromatic heterocycles. The second-order valence-corrected chi connectivity index (χ2v) is 5.25. The molecule has 0 heterocycles. The fourth-order valence-corrected chi connectivity index (χ4v) is 2.21. The Bertz CT molecular complexity index is 654. The highest BCUT2D eigenvalue weighted by Crippen LogP contribution is 2.13.